The van der Waals surface area contributed by atoms with Gasteiger partial charge in [-0.3, -0.25) is 9.40 Å². The Hall–Kier alpha value is -2.35. The van der Waals surface area contributed by atoms with Crippen LogP contribution in [0.4, 0.5) is 5.69 Å². The topological polar surface area (TPSA) is 101 Å². The molecule has 0 aliphatic carbocycles. The molecular formula is C15H19N3O4S. The van der Waals surface area contributed by atoms with Gasteiger partial charge in [0.05, 0.1) is 27.9 Å². The first-order valence-electron chi connectivity index (χ1n) is 6.92. The molecule has 0 saturated carbocycles. The van der Waals surface area contributed by atoms with Crippen molar-refractivity contribution < 1.29 is 18.3 Å². The van der Waals surface area contributed by atoms with Crippen LogP contribution in [0.3, 0.4) is 0 Å². The zero-order chi connectivity index (χ0) is 17.4. The largest absolute Gasteiger partial charge is 0.478 e. The van der Waals surface area contributed by atoms with Gasteiger partial charge in [0.1, 0.15) is 0 Å². The van der Waals surface area contributed by atoms with Gasteiger partial charge in [0, 0.05) is 6.20 Å². The second kappa shape index (κ2) is 5.69. The lowest BCUT2D eigenvalue weighted by atomic mass is 10.1. The third kappa shape index (κ3) is 3.70. The summed E-state index contributed by atoms with van der Waals surface area (Å²) in [6.45, 7) is 7.44. The van der Waals surface area contributed by atoms with Crippen molar-refractivity contribution in [2.24, 2.45) is 0 Å². The van der Waals surface area contributed by atoms with Crippen molar-refractivity contribution >= 4 is 21.7 Å². The van der Waals surface area contributed by atoms with Crippen LogP contribution in [0.2, 0.25) is 0 Å². The number of nitrogens with zero attached hydrogens (tertiary/aromatic N) is 2. The number of benzene rings is 1. The molecule has 1 aromatic heterocycles. The normalized spacial score (nSPS) is 12.2. The van der Waals surface area contributed by atoms with Crippen LogP contribution in [0.5, 0.6) is 0 Å². The van der Waals surface area contributed by atoms with Gasteiger partial charge in [-0.05, 0) is 45.4 Å². The van der Waals surface area contributed by atoms with Crippen molar-refractivity contribution in [3.05, 3.63) is 41.7 Å². The SMILES string of the molecule is Cc1ccc(C(=O)O)cc1S(=O)(=O)Nc1cnn(C(C)(C)C)c1. The van der Waals surface area contributed by atoms with Crippen molar-refractivity contribution in [3.63, 3.8) is 0 Å². The van der Waals surface area contributed by atoms with Crippen LogP contribution in [-0.4, -0.2) is 29.3 Å². The minimum Gasteiger partial charge on any atom is -0.478 e. The highest BCUT2D eigenvalue weighted by Gasteiger charge is 2.21. The van der Waals surface area contributed by atoms with E-state index in [-0.39, 0.29) is 16.0 Å². The summed E-state index contributed by atoms with van der Waals surface area (Å²) in [7, 11) is -3.90. The summed E-state index contributed by atoms with van der Waals surface area (Å²) in [5.74, 6) is -1.18. The Labute approximate surface area is 135 Å². The molecule has 2 rings (SSSR count). The summed E-state index contributed by atoms with van der Waals surface area (Å²) in [6.07, 6.45) is 3.01. The summed E-state index contributed by atoms with van der Waals surface area (Å²) in [5, 5.41) is 13.1. The number of nitrogens with one attached hydrogen (secondary N) is 1. The van der Waals surface area contributed by atoms with E-state index in [0.29, 0.717) is 11.3 Å². The molecule has 0 atom stereocenters. The highest BCUT2D eigenvalue weighted by Crippen LogP contribution is 2.22. The van der Waals surface area contributed by atoms with E-state index >= 15 is 0 Å². The van der Waals surface area contributed by atoms with Crippen LogP contribution in [0, 0.1) is 6.92 Å². The molecule has 0 spiro atoms. The van der Waals surface area contributed by atoms with Crippen molar-refractivity contribution in [2.45, 2.75) is 38.1 Å². The molecule has 8 heteroatoms. The average molecular weight is 337 g/mol. The maximum Gasteiger partial charge on any atom is 0.335 e. The molecule has 1 heterocycles. The van der Waals surface area contributed by atoms with Gasteiger partial charge >= 0.3 is 5.97 Å². The van der Waals surface area contributed by atoms with Crippen LogP contribution in [0.15, 0.2) is 35.5 Å². The molecule has 0 fully saturated rings. The second-order valence-corrected chi connectivity index (χ2v) is 7.89. The molecule has 0 aliphatic heterocycles. The van der Waals surface area contributed by atoms with Crippen molar-refractivity contribution in [1.29, 1.82) is 0 Å². The molecule has 0 radical (unpaired) electrons. The maximum absolute atomic E-state index is 12.5. The molecule has 23 heavy (non-hydrogen) atoms. The van der Waals surface area contributed by atoms with E-state index in [0.717, 1.165) is 6.07 Å². The third-order valence-corrected chi connectivity index (χ3v) is 4.77. The number of aryl methyl sites for hydroxylation is 1. The van der Waals surface area contributed by atoms with Crippen LogP contribution in [-0.2, 0) is 15.6 Å². The molecule has 7 nitrogen and oxygen atoms in total. The monoisotopic (exact) mass is 337 g/mol. The summed E-state index contributed by atoms with van der Waals surface area (Å²) in [6, 6.07) is 3.99. The highest BCUT2D eigenvalue weighted by atomic mass is 32.2. The smallest absolute Gasteiger partial charge is 0.335 e. The van der Waals surface area contributed by atoms with Gasteiger partial charge in [0.2, 0.25) is 0 Å². The number of carbonyl (C=O) groups is 1. The number of sulfonamides is 1. The van der Waals surface area contributed by atoms with E-state index in [2.05, 4.69) is 9.82 Å². The van der Waals surface area contributed by atoms with Crippen LogP contribution >= 0.6 is 0 Å². The first-order valence-corrected chi connectivity index (χ1v) is 8.41. The lowest BCUT2D eigenvalue weighted by Crippen LogP contribution is -2.22. The Bertz CT molecular complexity index is 848. The van der Waals surface area contributed by atoms with Crippen molar-refractivity contribution in [1.82, 2.24) is 9.78 Å². The predicted molar refractivity (Wildman–Crippen MR) is 86.2 cm³/mol. The average Bonchev–Trinajstić information content (AvgIpc) is 2.86. The van der Waals surface area contributed by atoms with Gasteiger partial charge in [-0.25, -0.2) is 13.2 Å². The number of hydrogen-bond acceptors (Lipinski definition) is 4. The Balaban J connectivity index is 2.38. The first-order chi connectivity index (χ1) is 10.5. The van der Waals surface area contributed by atoms with E-state index < -0.39 is 16.0 Å². The molecule has 0 aliphatic rings. The standard InChI is InChI=1S/C15H19N3O4S/c1-10-5-6-11(14(19)20)7-13(10)23(21,22)17-12-8-16-18(9-12)15(2,3)4/h5-9,17H,1-4H3,(H,19,20). The highest BCUT2D eigenvalue weighted by molar-refractivity contribution is 7.92. The van der Waals surface area contributed by atoms with Gasteiger partial charge in [-0.1, -0.05) is 6.07 Å². The minimum absolute atomic E-state index is 0.0686. The van der Waals surface area contributed by atoms with E-state index in [1.165, 1.54) is 18.3 Å². The molecule has 2 N–H and O–H groups in total. The molecule has 0 unspecified atom stereocenters. The van der Waals surface area contributed by atoms with Gasteiger partial charge < -0.3 is 5.11 Å². The molecule has 1 aromatic carbocycles. The lowest BCUT2D eigenvalue weighted by Gasteiger charge is -2.18. The van der Waals surface area contributed by atoms with E-state index in [4.69, 9.17) is 5.11 Å². The number of anilines is 1. The molecule has 2 aromatic rings. The van der Waals surface area contributed by atoms with E-state index in [9.17, 15) is 13.2 Å². The fourth-order valence-electron chi connectivity index (χ4n) is 1.98. The van der Waals surface area contributed by atoms with Crippen LogP contribution < -0.4 is 4.72 Å². The number of aromatic nitrogens is 2. The summed E-state index contributed by atoms with van der Waals surface area (Å²) in [5.41, 5.74) is 0.426. The van der Waals surface area contributed by atoms with Crippen LogP contribution in [0.1, 0.15) is 36.7 Å². The fourth-order valence-corrected chi connectivity index (χ4v) is 3.27. The van der Waals surface area contributed by atoms with Crippen LogP contribution in [0.25, 0.3) is 0 Å². The maximum atomic E-state index is 12.5. The second-order valence-electron chi connectivity index (χ2n) is 6.24. The quantitative estimate of drug-likeness (QED) is 0.892. The predicted octanol–water partition coefficient (Wildman–Crippen LogP) is 2.45. The molecule has 0 amide bonds. The van der Waals surface area contributed by atoms with Gasteiger partial charge in [-0.2, -0.15) is 5.10 Å². The Morgan fingerprint density at radius 2 is 1.96 bits per heavy atom. The van der Waals surface area contributed by atoms with Gasteiger partial charge in [0.15, 0.2) is 0 Å². The summed E-state index contributed by atoms with van der Waals surface area (Å²) in [4.78, 5) is 11.0. The van der Waals surface area contributed by atoms with Crippen molar-refractivity contribution in [3.8, 4) is 0 Å². The number of rotatable bonds is 4. The minimum atomic E-state index is -3.90. The molecule has 124 valence electrons. The Morgan fingerprint density at radius 3 is 2.48 bits per heavy atom. The third-order valence-electron chi connectivity index (χ3n) is 3.25. The van der Waals surface area contributed by atoms with Crippen molar-refractivity contribution in [2.75, 3.05) is 4.72 Å². The number of carboxylic acids is 1. The van der Waals surface area contributed by atoms with Gasteiger partial charge in [-0.15, -0.1) is 0 Å². The zero-order valence-electron chi connectivity index (χ0n) is 13.4. The Morgan fingerprint density at radius 1 is 1.30 bits per heavy atom. The van der Waals surface area contributed by atoms with Gasteiger partial charge in [0.25, 0.3) is 10.0 Å². The summed E-state index contributed by atoms with van der Waals surface area (Å²) >= 11 is 0. The number of hydrogen-bond donors (Lipinski definition) is 2. The molecular weight excluding hydrogens is 318 g/mol. The fraction of sp³-hybridized carbons (Fsp3) is 0.333. The van der Waals surface area contributed by atoms with E-state index in [1.807, 2.05) is 20.8 Å². The number of carboxylic acid groups (broad SMARTS) is 1. The van der Waals surface area contributed by atoms with E-state index in [1.54, 1.807) is 17.8 Å². The molecule has 0 bridgehead atoms. The Kier molecular flexibility index (Phi) is 4.21. The number of aromatic carboxylic acids is 1. The lowest BCUT2D eigenvalue weighted by molar-refractivity contribution is 0.0696. The summed E-state index contributed by atoms with van der Waals surface area (Å²) < 4.78 is 29.1. The first kappa shape index (κ1) is 17.0. The zero-order valence-corrected chi connectivity index (χ0v) is 14.2. The molecule has 0 saturated heterocycles.